The van der Waals surface area contributed by atoms with E-state index < -0.39 is 0 Å². The molecule has 1 aromatic rings. The summed E-state index contributed by atoms with van der Waals surface area (Å²) in [6.07, 6.45) is 0.908. The maximum atomic E-state index is 9.43. The SMILES string of the molecule is CCC(C)c1c(O)cccc1O.[NaH]. The van der Waals surface area contributed by atoms with Crippen molar-refractivity contribution in [3.05, 3.63) is 23.8 Å². The van der Waals surface area contributed by atoms with Crippen LogP contribution in [0.15, 0.2) is 18.2 Å². The molecule has 2 N–H and O–H groups in total. The quantitative estimate of drug-likeness (QED) is 0.700. The van der Waals surface area contributed by atoms with Crippen LogP contribution < -0.4 is 0 Å². The average molecular weight is 190 g/mol. The molecule has 0 spiro atoms. The van der Waals surface area contributed by atoms with E-state index in [9.17, 15) is 10.2 Å². The summed E-state index contributed by atoms with van der Waals surface area (Å²) in [5.41, 5.74) is 0.653. The second kappa shape index (κ2) is 5.53. The third-order valence-corrected chi connectivity index (χ3v) is 2.17. The second-order valence-electron chi connectivity index (χ2n) is 3.02. The van der Waals surface area contributed by atoms with Crippen molar-refractivity contribution in [3.63, 3.8) is 0 Å². The number of phenols is 2. The van der Waals surface area contributed by atoms with Crippen LogP contribution in [0.1, 0.15) is 31.7 Å². The summed E-state index contributed by atoms with van der Waals surface area (Å²) in [5, 5.41) is 18.9. The van der Waals surface area contributed by atoms with Gasteiger partial charge in [0.05, 0.1) is 0 Å². The molecule has 1 unspecified atom stereocenters. The Kier molecular flexibility index (Phi) is 5.45. The average Bonchev–Trinajstić information content (AvgIpc) is 2.03. The van der Waals surface area contributed by atoms with Gasteiger partial charge in [0.1, 0.15) is 11.5 Å². The van der Waals surface area contributed by atoms with Gasteiger partial charge in [0.15, 0.2) is 0 Å². The zero-order valence-corrected chi connectivity index (χ0v) is 7.41. The molecule has 0 amide bonds. The van der Waals surface area contributed by atoms with Gasteiger partial charge in [0.25, 0.3) is 0 Å². The van der Waals surface area contributed by atoms with E-state index in [0.717, 1.165) is 6.42 Å². The number of hydrogen-bond donors (Lipinski definition) is 2. The van der Waals surface area contributed by atoms with Crippen molar-refractivity contribution in [3.8, 4) is 11.5 Å². The summed E-state index contributed by atoms with van der Waals surface area (Å²) in [6, 6.07) is 4.83. The molecule has 2 nitrogen and oxygen atoms in total. The zero-order chi connectivity index (χ0) is 9.14. The molecule has 0 radical (unpaired) electrons. The van der Waals surface area contributed by atoms with Crippen molar-refractivity contribution >= 4 is 29.6 Å². The van der Waals surface area contributed by atoms with Gasteiger partial charge >= 0.3 is 29.6 Å². The first-order valence-electron chi connectivity index (χ1n) is 4.17. The molecular weight excluding hydrogens is 175 g/mol. The molecule has 1 aromatic carbocycles. The molecule has 1 rings (SSSR count). The van der Waals surface area contributed by atoms with Gasteiger partial charge < -0.3 is 10.2 Å². The number of rotatable bonds is 2. The fourth-order valence-electron chi connectivity index (χ4n) is 1.25. The minimum atomic E-state index is 0. The summed E-state index contributed by atoms with van der Waals surface area (Å²) < 4.78 is 0. The molecule has 13 heavy (non-hydrogen) atoms. The first-order valence-corrected chi connectivity index (χ1v) is 4.17. The third-order valence-electron chi connectivity index (χ3n) is 2.17. The molecule has 0 fully saturated rings. The summed E-state index contributed by atoms with van der Waals surface area (Å²) in [5.74, 6) is 0.569. The fraction of sp³-hybridized carbons (Fsp3) is 0.400. The fourth-order valence-corrected chi connectivity index (χ4v) is 1.25. The van der Waals surface area contributed by atoms with Gasteiger partial charge in [0, 0.05) is 5.56 Å². The number of phenolic OH excluding ortho intramolecular Hbond substituents is 2. The first-order chi connectivity index (χ1) is 5.66. The normalized spacial score (nSPS) is 11.8. The minimum absolute atomic E-state index is 0. The van der Waals surface area contributed by atoms with E-state index in [-0.39, 0.29) is 47.0 Å². The topological polar surface area (TPSA) is 40.5 Å². The molecule has 0 aliphatic carbocycles. The Bertz CT molecular complexity index is 253. The van der Waals surface area contributed by atoms with E-state index in [1.54, 1.807) is 18.2 Å². The van der Waals surface area contributed by atoms with Crippen molar-refractivity contribution in [2.75, 3.05) is 0 Å². The van der Waals surface area contributed by atoms with Gasteiger partial charge in [-0.05, 0) is 24.5 Å². The standard InChI is InChI=1S/C10H14O2.Na.H/c1-3-7(2)10-8(11)5-4-6-9(10)12;;/h4-7,11-12H,3H2,1-2H3;;. The molecule has 0 heterocycles. The van der Waals surface area contributed by atoms with Gasteiger partial charge in [-0.2, -0.15) is 0 Å². The van der Waals surface area contributed by atoms with Crippen molar-refractivity contribution in [1.82, 2.24) is 0 Å². The molecule has 0 aliphatic heterocycles. The van der Waals surface area contributed by atoms with Gasteiger partial charge in [-0.1, -0.05) is 19.9 Å². The number of hydrogen-bond acceptors (Lipinski definition) is 2. The summed E-state index contributed by atoms with van der Waals surface area (Å²) in [7, 11) is 0. The predicted octanol–water partition coefficient (Wildman–Crippen LogP) is 1.96. The van der Waals surface area contributed by atoms with E-state index >= 15 is 0 Å². The van der Waals surface area contributed by atoms with Gasteiger partial charge in [-0.3, -0.25) is 0 Å². The van der Waals surface area contributed by atoms with Crippen LogP contribution in [0, 0.1) is 0 Å². The molecule has 0 saturated heterocycles. The second-order valence-corrected chi connectivity index (χ2v) is 3.02. The summed E-state index contributed by atoms with van der Waals surface area (Å²) in [6.45, 7) is 4.01. The molecule has 68 valence electrons. The number of benzene rings is 1. The number of aromatic hydroxyl groups is 2. The van der Waals surface area contributed by atoms with Crippen LogP contribution in [0.5, 0.6) is 11.5 Å². The van der Waals surface area contributed by atoms with Crippen molar-refractivity contribution in [2.24, 2.45) is 0 Å². The van der Waals surface area contributed by atoms with E-state index in [4.69, 9.17) is 0 Å². The zero-order valence-electron chi connectivity index (χ0n) is 7.41. The Hall–Kier alpha value is -0.180. The van der Waals surface area contributed by atoms with Crippen LogP contribution >= 0.6 is 0 Å². The first kappa shape index (κ1) is 12.8. The predicted molar refractivity (Wildman–Crippen MR) is 55.6 cm³/mol. The van der Waals surface area contributed by atoms with E-state index in [1.165, 1.54) is 0 Å². The van der Waals surface area contributed by atoms with Gasteiger partial charge in [0.2, 0.25) is 0 Å². The van der Waals surface area contributed by atoms with Crippen LogP contribution in [0.25, 0.3) is 0 Å². The summed E-state index contributed by atoms with van der Waals surface area (Å²) in [4.78, 5) is 0. The Morgan fingerprint density at radius 1 is 1.23 bits per heavy atom. The molecule has 0 bridgehead atoms. The third kappa shape index (κ3) is 2.90. The van der Waals surface area contributed by atoms with Crippen LogP contribution in [-0.4, -0.2) is 39.8 Å². The van der Waals surface area contributed by atoms with Crippen LogP contribution in [0.2, 0.25) is 0 Å². The maximum absolute atomic E-state index is 9.43. The monoisotopic (exact) mass is 190 g/mol. The molecule has 0 saturated carbocycles. The molecule has 0 aliphatic rings. The Balaban J connectivity index is 0.00000144. The van der Waals surface area contributed by atoms with E-state index in [1.807, 2.05) is 13.8 Å². The Morgan fingerprint density at radius 2 is 1.69 bits per heavy atom. The van der Waals surface area contributed by atoms with Crippen molar-refractivity contribution < 1.29 is 10.2 Å². The Morgan fingerprint density at radius 3 is 2.08 bits per heavy atom. The van der Waals surface area contributed by atoms with Crippen LogP contribution in [-0.2, 0) is 0 Å². The van der Waals surface area contributed by atoms with Gasteiger partial charge in [-0.25, -0.2) is 0 Å². The van der Waals surface area contributed by atoms with Crippen molar-refractivity contribution in [1.29, 1.82) is 0 Å². The molecule has 1 atom stereocenters. The van der Waals surface area contributed by atoms with Crippen LogP contribution in [0.3, 0.4) is 0 Å². The Labute approximate surface area is 101 Å². The molecule has 0 aromatic heterocycles. The van der Waals surface area contributed by atoms with Gasteiger partial charge in [-0.15, -0.1) is 0 Å². The molecule has 3 heteroatoms. The summed E-state index contributed by atoms with van der Waals surface area (Å²) >= 11 is 0. The van der Waals surface area contributed by atoms with E-state index in [0.29, 0.717) is 5.56 Å². The van der Waals surface area contributed by atoms with E-state index in [2.05, 4.69) is 0 Å². The van der Waals surface area contributed by atoms with Crippen LogP contribution in [0.4, 0.5) is 0 Å². The van der Waals surface area contributed by atoms with Crippen molar-refractivity contribution in [2.45, 2.75) is 26.2 Å². The molecular formula is C10H15NaO2.